The molecule has 0 radical (unpaired) electrons. The summed E-state index contributed by atoms with van der Waals surface area (Å²) in [6, 6.07) is 0.0796. The van der Waals surface area contributed by atoms with Gasteiger partial charge in [0.15, 0.2) is 0 Å². The van der Waals surface area contributed by atoms with Crippen LogP contribution in [-0.4, -0.2) is 56.4 Å². The number of rotatable bonds is 6. The molecule has 20 heavy (non-hydrogen) atoms. The fourth-order valence-corrected chi connectivity index (χ4v) is 2.53. The summed E-state index contributed by atoms with van der Waals surface area (Å²) < 4.78 is 10.0. The van der Waals surface area contributed by atoms with Gasteiger partial charge in [-0.3, -0.25) is 4.79 Å². The molecule has 1 aliphatic rings. The van der Waals surface area contributed by atoms with Crippen LogP contribution in [0.3, 0.4) is 0 Å². The van der Waals surface area contributed by atoms with E-state index in [2.05, 4.69) is 19.2 Å². The van der Waals surface area contributed by atoms with E-state index in [9.17, 15) is 9.59 Å². The van der Waals surface area contributed by atoms with Gasteiger partial charge in [0.1, 0.15) is 6.54 Å². The first-order valence-electron chi connectivity index (χ1n) is 7.08. The maximum absolute atomic E-state index is 12.2. The molecular formula is C14H26N2O4. The minimum Gasteiger partial charge on any atom is -0.450 e. The number of ether oxygens (including phenoxy) is 2. The monoisotopic (exact) mass is 286 g/mol. The summed E-state index contributed by atoms with van der Waals surface area (Å²) in [4.78, 5) is 25.3. The molecule has 1 N–H and O–H groups in total. The van der Waals surface area contributed by atoms with Crippen LogP contribution in [0.2, 0.25) is 0 Å². The molecule has 0 aromatic carbocycles. The average Bonchev–Trinajstić information content (AvgIpc) is 2.69. The van der Waals surface area contributed by atoms with E-state index in [4.69, 9.17) is 9.47 Å². The Balaban J connectivity index is 2.46. The Morgan fingerprint density at radius 1 is 1.40 bits per heavy atom. The Bertz CT molecular complexity index is 344. The van der Waals surface area contributed by atoms with E-state index in [1.807, 2.05) is 6.92 Å². The number of nitrogens with zero attached hydrogens (tertiary/aromatic N) is 1. The lowest BCUT2D eigenvalue weighted by Crippen LogP contribution is -2.44. The second kappa shape index (κ2) is 7.47. The van der Waals surface area contributed by atoms with Crippen LogP contribution < -0.4 is 5.32 Å². The van der Waals surface area contributed by atoms with Crippen molar-refractivity contribution in [1.82, 2.24) is 10.2 Å². The van der Waals surface area contributed by atoms with Gasteiger partial charge in [-0.2, -0.15) is 0 Å². The Morgan fingerprint density at radius 3 is 2.70 bits per heavy atom. The third-order valence-corrected chi connectivity index (χ3v) is 3.33. The Labute approximate surface area is 120 Å². The molecule has 0 aromatic heterocycles. The van der Waals surface area contributed by atoms with Crippen molar-refractivity contribution >= 4 is 12.0 Å². The normalized spacial score (nSPS) is 20.8. The predicted molar refractivity (Wildman–Crippen MR) is 75.4 cm³/mol. The van der Waals surface area contributed by atoms with E-state index in [1.54, 1.807) is 12.0 Å². The number of methoxy groups -OCH3 is 1. The van der Waals surface area contributed by atoms with Gasteiger partial charge >= 0.3 is 6.09 Å². The molecule has 0 bridgehead atoms. The van der Waals surface area contributed by atoms with E-state index in [0.29, 0.717) is 19.8 Å². The van der Waals surface area contributed by atoms with Gasteiger partial charge in [0.2, 0.25) is 5.91 Å². The van der Waals surface area contributed by atoms with Crippen molar-refractivity contribution in [3.63, 3.8) is 0 Å². The maximum atomic E-state index is 12.2. The summed E-state index contributed by atoms with van der Waals surface area (Å²) in [7, 11) is 1.63. The van der Waals surface area contributed by atoms with E-state index in [1.165, 1.54) is 0 Å². The number of hydrogen-bond acceptors (Lipinski definition) is 4. The minimum absolute atomic E-state index is 0.0289. The van der Waals surface area contributed by atoms with Gasteiger partial charge in [-0.15, -0.1) is 0 Å². The number of likely N-dealkylation sites (tertiary alicyclic amines) is 1. The highest BCUT2D eigenvalue weighted by molar-refractivity contribution is 5.82. The highest BCUT2D eigenvalue weighted by Gasteiger charge is 2.39. The van der Waals surface area contributed by atoms with Crippen molar-refractivity contribution in [1.29, 1.82) is 0 Å². The molecule has 1 aliphatic heterocycles. The van der Waals surface area contributed by atoms with Crippen LogP contribution in [0, 0.1) is 5.41 Å². The Morgan fingerprint density at radius 2 is 2.10 bits per heavy atom. The van der Waals surface area contributed by atoms with Crippen molar-refractivity contribution in [3.05, 3.63) is 0 Å². The van der Waals surface area contributed by atoms with Crippen LogP contribution in [0.4, 0.5) is 4.79 Å². The van der Waals surface area contributed by atoms with Crippen LogP contribution in [0.5, 0.6) is 0 Å². The molecule has 0 aromatic rings. The maximum Gasteiger partial charge on any atom is 0.407 e. The summed E-state index contributed by atoms with van der Waals surface area (Å²) in [5, 5.41) is 2.49. The number of alkyl carbamates (subject to hydrolysis) is 1. The lowest BCUT2D eigenvalue weighted by atomic mass is 9.91. The summed E-state index contributed by atoms with van der Waals surface area (Å²) in [5.41, 5.74) is 0.0849. The van der Waals surface area contributed by atoms with Gasteiger partial charge in [-0.25, -0.2) is 4.79 Å². The lowest BCUT2D eigenvalue weighted by Gasteiger charge is -2.24. The highest BCUT2D eigenvalue weighted by atomic mass is 16.5. The molecule has 0 unspecified atom stereocenters. The minimum atomic E-state index is -0.540. The molecule has 1 fully saturated rings. The van der Waals surface area contributed by atoms with Crippen LogP contribution in [0.25, 0.3) is 0 Å². The molecule has 0 aliphatic carbocycles. The molecule has 6 nitrogen and oxygen atoms in total. The van der Waals surface area contributed by atoms with Gasteiger partial charge in [-0.1, -0.05) is 20.8 Å². The molecule has 6 heteroatoms. The molecule has 1 atom stereocenters. The molecule has 1 rings (SSSR count). The predicted octanol–water partition coefficient (Wildman–Crippen LogP) is 1.40. The first-order chi connectivity index (χ1) is 9.39. The van der Waals surface area contributed by atoms with Crippen LogP contribution >= 0.6 is 0 Å². The Hall–Kier alpha value is -1.30. The van der Waals surface area contributed by atoms with Crippen molar-refractivity contribution in [3.8, 4) is 0 Å². The lowest BCUT2D eigenvalue weighted by molar-refractivity contribution is -0.132. The van der Waals surface area contributed by atoms with Gasteiger partial charge < -0.3 is 19.7 Å². The highest BCUT2D eigenvalue weighted by Crippen LogP contribution is 2.33. The summed E-state index contributed by atoms with van der Waals surface area (Å²) in [6.07, 6.45) is 1.13. The van der Waals surface area contributed by atoms with E-state index < -0.39 is 6.09 Å². The molecule has 0 spiro atoms. The SMILES string of the molecule is CCCOC(=O)NCC(=O)N1CC(C)(C)C[C@H]1COC. The van der Waals surface area contributed by atoms with Gasteiger partial charge in [-0.05, 0) is 18.3 Å². The fourth-order valence-electron chi connectivity index (χ4n) is 2.53. The third-order valence-electron chi connectivity index (χ3n) is 3.33. The molecule has 1 saturated heterocycles. The molecule has 116 valence electrons. The Kier molecular flexibility index (Phi) is 6.26. The molecular weight excluding hydrogens is 260 g/mol. The number of nitrogens with one attached hydrogen (secondary N) is 1. The zero-order valence-corrected chi connectivity index (χ0v) is 12.9. The van der Waals surface area contributed by atoms with E-state index in [-0.39, 0.29) is 23.9 Å². The van der Waals surface area contributed by atoms with Crippen LogP contribution in [-0.2, 0) is 14.3 Å². The second-order valence-corrected chi connectivity index (χ2v) is 5.99. The molecule has 2 amide bonds. The number of amides is 2. The summed E-state index contributed by atoms with van der Waals surface area (Å²) in [5.74, 6) is -0.0916. The quantitative estimate of drug-likeness (QED) is 0.801. The first kappa shape index (κ1) is 16.8. The smallest absolute Gasteiger partial charge is 0.407 e. The van der Waals surface area contributed by atoms with Crippen molar-refractivity contribution in [2.75, 3.05) is 33.4 Å². The van der Waals surface area contributed by atoms with Crippen molar-refractivity contribution < 1.29 is 19.1 Å². The van der Waals surface area contributed by atoms with Crippen molar-refractivity contribution in [2.45, 2.75) is 39.7 Å². The number of carbonyl (C=O) groups is 2. The average molecular weight is 286 g/mol. The number of carbonyl (C=O) groups excluding carboxylic acids is 2. The van der Waals surface area contributed by atoms with E-state index in [0.717, 1.165) is 12.8 Å². The zero-order valence-electron chi connectivity index (χ0n) is 12.9. The van der Waals surface area contributed by atoms with E-state index >= 15 is 0 Å². The number of hydrogen-bond donors (Lipinski definition) is 1. The second-order valence-electron chi connectivity index (χ2n) is 5.99. The van der Waals surface area contributed by atoms with Gasteiger partial charge in [0.25, 0.3) is 0 Å². The van der Waals surface area contributed by atoms with Crippen molar-refractivity contribution in [2.24, 2.45) is 5.41 Å². The van der Waals surface area contributed by atoms with Gasteiger partial charge in [0, 0.05) is 13.7 Å². The van der Waals surface area contributed by atoms with Gasteiger partial charge in [0.05, 0.1) is 19.3 Å². The fraction of sp³-hybridized carbons (Fsp3) is 0.857. The van der Waals surface area contributed by atoms with Crippen LogP contribution in [0.15, 0.2) is 0 Å². The summed E-state index contributed by atoms with van der Waals surface area (Å²) in [6.45, 7) is 7.72. The zero-order chi connectivity index (χ0) is 15.2. The first-order valence-corrected chi connectivity index (χ1v) is 7.08. The summed E-state index contributed by atoms with van der Waals surface area (Å²) >= 11 is 0. The standard InChI is InChI=1S/C14H26N2O4/c1-5-6-20-13(18)15-8-12(17)16-10-14(2,3)7-11(16)9-19-4/h11H,5-10H2,1-4H3,(H,15,18)/t11-/m0/s1. The largest absolute Gasteiger partial charge is 0.450 e. The third kappa shape index (κ3) is 5.00. The topological polar surface area (TPSA) is 67.9 Å². The van der Waals surface area contributed by atoms with Crippen LogP contribution in [0.1, 0.15) is 33.6 Å². The molecule has 1 heterocycles. The molecule has 0 saturated carbocycles.